The Kier molecular flexibility index (Phi) is 4.74. The molecule has 0 N–H and O–H groups in total. The molecule has 2 aromatic rings. The molecule has 0 aliphatic rings. The molecule has 0 aliphatic heterocycles. The molecule has 1 aromatic heterocycles. The van der Waals surface area contributed by atoms with Gasteiger partial charge in [0.15, 0.2) is 11.6 Å². The average molecular weight is 334 g/mol. The molecule has 0 fully saturated rings. The lowest BCUT2D eigenvalue weighted by Gasteiger charge is -2.11. The Morgan fingerprint density at radius 1 is 1.19 bits per heavy atom. The SMILES string of the molecule is O=S(=O)(Cl)c1cc(F)cc(F)c1OCCc1ccncc1. The average Bonchev–Trinajstić information content (AvgIpc) is 2.41. The molecule has 1 heterocycles. The van der Waals surface area contributed by atoms with Crippen molar-refractivity contribution in [3.05, 3.63) is 53.9 Å². The Morgan fingerprint density at radius 3 is 2.48 bits per heavy atom. The first-order chi connectivity index (χ1) is 9.88. The topological polar surface area (TPSA) is 56.3 Å². The number of ether oxygens (including phenoxy) is 1. The fourth-order valence-electron chi connectivity index (χ4n) is 1.68. The van der Waals surface area contributed by atoms with Gasteiger partial charge in [0, 0.05) is 35.6 Å². The highest BCUT2D eigenvalue weighted by molar-refractivity contribution is 8.13. The van der Waals surface area contributed by atoms with Crippen LogP contribution in [-0.4, -0.2) is 20.0 Å². The number of hydrogen-bond donors (Lipinski definition) is 0. The molecule has 0 saturated heterocycles. The molecule has 1 aromatic carbocycles. The first kappa shape index (κ1) is 15.7. The van der Waals surface area contributed by atoms with Crippen molar-refractivity contribution in [1.82, 2.24) is 4.98 Å². The van der Waals surface area contributed by atoms with E-state index in [1.165, 1.54) is 0 Å². The monoisotopic (exact) mass is 333 g/mol. The molecule has 0 amide bonds. The van der Waals surface area contributed by atoms with Gasteiger partial charge in [-0.15, -0.1) is 0 Å². The van der Waals surface area contributed by atoms with Crippen LogP contribution in [0.5, 0.6) is 5.75 Å². The number of hydrogen-bond acceptors (Lipinski definition) is 4. The van der Waals surface area contributed by atoms with Gasteiger partial charge in [-0.3, -0.25) is 4.98 Å². The van der Waals surface area contributed by atoms with Crippen LogP contribution in [0.4, 0.5) is 8.78 Å². The van der Waals surface area contributed by atoms with Gasteiger partial charge in [0.05, 0.1) is 6.61 Å². The van der Waals surface area contributed by atoms with E-state index in [1.807, 2.05) is 0 Å². The zero-order chi connectivity index (χ0) is 15.5. The minimum Gasteiger partial charge on any atom is -0.489 e. The number of nitrogens with zero attached hydrogens (tertiary/aromatic N) is 1. The summed E-state index contributed by atoms with van der Waals surface area (Å²) in [5.41, 5.74) is 0.878. The van der Waals surface area contributed by atoms with Crippen LogP contribution in [0.2, 0.25) is 0 Å². The van der Waals surface area contributed by atoms with E-state index in [9.17, 15) is 17.2 Å². The molecule has 0 spiro atoms. The Labute approximate surface area is 124 Å². The smallest absolute Gasteiger partial charge is 0.265 e. The van der Waals surface area contributed by atoms with Gasteiger partial charge in [0.25, 0.3) is 9.05 Å². The van der Waals surface area contributed by atoms with Crippen LogP contribution < -0.4 is 4.74 Å². The third-order valence-electron chi connectivity index (χ3n) is 2.62. The Bertz CT molecular complexity index is 739. The molecule has 112 valence electrons. The summed E-state index contributed by atoms with van der Waals surface area (Å²) in [5.74, 6) is -2.75. The van der Waals surface area contributed by atoms with Gasteiger partial charge in [-0.1, -0.05) is 0 Å². The van der Waals surface area contributed by atoms with E-state index < -0.39 is 31.3 Å². The van der Waals surface area contributed by atoms with E-state index in [1.54, 1.807) is 24.5 Å². The predicted octanol–water partition coefficient (Wildman–Crippen LogP) is 2.91. The van der Waals surface area contributed by atoms with Crippen molar-refractivity contribution in [3.63, 3.8) is 0 Å². The molecule has 2 rings (SSSR count). The van der Waals surface area contributed by atoms with Crippen LogP contribution in [-0.2, 0) is 15.5 Å². The first-order valence-corrected chi connectivity index (χ1v) is 8.14. The molecule has 8 heteroatoms. The second-order valence-electron chi connectivity index (χ2n) is 4.11. The summed E-state index contributed by atoms with van der Waals surface area (Å²) in [6.45, 7) is 0.00593. The molecule has 0 atom stereocenters. The highest BCUT2D eigenvalue weighted by Gasteiger charge is 2.22. The highest BCUT2D eigenvalue weighted by atomic mass is 35.7. The third-order valence-corrected chi connectivity index (χ3v) is 3.95. The summed E-state index contributed by atoms with van der Waals surface area (Å²) in [5, 5.41) is 0. The van der Waals surface area contributed by atoms with Crippen molar-refractivity contribution in [3.8, 4) is 5.75 Å². The quantitative estimate of drug-likeness (QED) is 0.789. The maximum Gasteiger partial charge on any atom is 0.265 e. The zero-order valence-corrected chi connectivity index (χ0v) is 12.2. The number of halogens is 3. The number of pyridine rings is 1. The van der Waals surface area contributed by atoms with Gasteiger partial charge in [0.1, 0.15) is 10.7 Å². The lowest BCUT2D eigenvalue weighted by atomic mass is 10.2. The van der Waals surface area contributed by atoms with E-state index >= 15 is 0 Å². The summed E-state index contributed by atoms with van der Waals surface area (Å²) in [6.07, 6.45) is 3.58. The van der Waals surface area contributed by atoms with Crippen LogP contribution >= 0.6 is 10.7 Å². The summed E-state index contributed by atoms with van der Waals surface area (Å²) in [4.78, 5) is 3.12. The largest absolute Gasteiger partial charge is 0.489 e. The Balaban J connectivity index is 2.20. The number of aromatic nitrogens is 1. The first-order valence-electron chi connectivity index (χ1n) is 5.83. The maximum absolute atomic E-state index is 13.7. The summed E-state index contributed by atoms with van der Waals surface area (Å²) in [6, 6.07) is 4.63. The predicted molar refractivity (Wildman–Crippen MR) is 72.8 cm³/mol. The molecule has 21 heavy (non-hydrogen) atoms. The summed E-state index contributed by atoms with van der Waals surface area (Å²) < 4.78 is 54.6. The van der Waals surface area contributed by atoms with Crippen molar-refractivity contribution in [2.45, 2.75) is 11.3 Å². The van der Waals surface area contributed by atoms with Gasteiger partial charge in [-0.25, -0.2) is 17.2 Å². The summed E-state index contributed by atoms with van der Waals surface area (Å²) >= 11 is 0. The molecule has 4 nitrogen and oxygen atoms in total. The second-order valence-corrected chi connectivity index (χ2v) is 6.64. The van der Waals surface area contributed by atoms with Crippen LogP contribution in [0.15, 0.2) is 41.6 Å². The van der Waals surface area contributed by atoms with Gasteiger partial charge < -0.3 is 4.74 Å². The number of benzene rings is 1. The van der Waals surface area contributed by atoms with E-state index in [2.05, 4.69) is 4.98 Å². The molecule has 0 aliphatic carbocycles. The van der Waals surface area contributed by atoms with Crippen LogP contribution in [0.25, 0.3) is 0 Å². The lowest BCUT2D eigenvalue weighted by molar-refractivity contribution is 0.295. The minimum atomic E-state index is -4.32. The Morgan fingerprint density at radius 2 is 1.86 bits per heavy atom. The molecule has 0 bridgehead atoms. The third kappa shape index (κ3) is 4.12. The van der Waals surface area contributed by atoms with Gasteiger partial charge in [-0.2, -0.15) is 0 Å². The van der Waals surface area contributed by atoms with Crippen molar-refractivity contribution >= 4 is 19.7 Å². The fraction of sp³-hybridized carbons (Fsp3) is 0.154. The van der Waals surface area contributed by atoms with Gasteiger partial charge in [-0.05, 0) is 23.8 Å². The van der Waals surface area contributed by atoms with E-state index in [4.69, 9.17) is 15.4 Å². The Hall–Kier alpha value is -1.73. The van der Waals surface area contributed by atoms with E-state index in [0.717, 1.165) is 5.56 Å². The van der Waals surface area contributed by atoms with Crippen LogP contribution in [0.3, 0.4) is 0 Å². The van der Waals surface area contributed by atoms with Crippen LogP contribution in [0.1, 0.15) is 5.56 Å². The molecular formula is C13H10ClF2NO3S. The minimum absolute atomic E-state index is 0.00593. The zero-order valence-electron chi connectivity index (χ0n) is 10.6. The molecule has 0 unspecified atom stereocenters. The van der Waals surface area contributed by atoms with Crippen molar-refractivity contribution in [2.75, 3.05) is 6.61 Å². The highest BCUT2D eigenvalue weighted by Crippen LogP contribution is 2.31. The molecule has 0 saturated carbocycles. The maximum atomic E-state index is 13.7. The normalized spacial score (nSPS) is 11.4. The lowest BCUT2D eigenvalue weighted by Crippen LogP contribution is -2.07. The molecular weight excluding hydrogens is 324 g/mol. The number of rotatable bonds is 5. The van der Waals surface area contributed by atoms with Gasteiger partial charge in [0.2, 0.25) is 0 Å². The van der Waals surface area contributed by atoms with Crippen molar-refractivity contribution < 1.29 is 21.9 Å². The van der Waals surface area contributed by atoms with Crippen LogP contribution in [0, 0.1) is 11.6 Å². The standard InChI is InChI=1S/C13H10ClF2NO3S/c14-21(18,19)12-8-10(15)7-11(16)13(12)20-6-3-9-1-4-17-5-2-9/h1-2,4-5,7-8H,3,6H2. The fourth-order valence-corrected chi connectivity index (χ4v) is 2.65. The van der Waals surface area contributed by atoms with Gasteiger partial charge >= 0.3 is 0 Å². The van der Waals surface area contributed by atoms with Crippen molar-refractivity contribution in [2.24, 2.45) is 0 Å². The second kappa shape index (κ2) is 6.36. The molecule has 0 radical (unpaired) electrons. The van der Waals surface area contributed by atoms with Crippen molar-refractivity contribution in [1.29, 1.82) is 0 Å². The van der Waals surface area contributed by atoms with E-state index in [0.29, 0.717) is 18.6 Å². The van der Waals surface area contributed by atoms with E-state index in [-0.39, 0.29) is 6.61 Å². The summed E-state index contributed by atoms with van der Waals surface area (Å²) in [7, 11) is 0.838.